The molecule has 136 valence electrons. The van der Waals surface area contributed by atoms with E-state index in [2.05, 4.69) is 22.4 Å². The van der Waals surface area contributed by atoms with Crippen molar-refractivity contribution in [2.24, 2.45) is 0 Å². The van der Waals surface area contributed by atoms with Gasteiger partial charge in [0, 0.05) is 12.1 Å². The first-order valence-electron chi connectivity index (χ1n) is 8.13. The fraction of sp³-hybridized carbons (Fsp3) is 0.471. The molecule has 0 radical (unpaired) electrons. The summed E-state index contributed by atoms with van der Waals surface area (Å²) >= 11 is 1.22. The van der Waals surface area contributed by atoms with Crippen LogP contribution in [0.15, 0.2) is 27.8 Å². The molecule has 0 fully saturated rings. The van der Waals surface area contributed by atoms with Gasteiger partial charge in [-0.05, 0) is 24.6 Å². The molecule has 0 spiro atoms. The van der Waals surface area contributed by atoms with Crippen LogP contribution >= 0.6 is 11.8 Å². The molecule has 2 rings (SSSR count). The van der Waals surface area contributed by atoms with Gasteiger partial charge in [-0.3, -0.25) is 4.79 Å². The summed E-state index contributed by atoms with van der Waals surface area (Å²) in [4.78, 5) is 11.8. The van der Waals surface area contributed by atoms with Crippen molar-refractivity contribution in [3.05, 3.63) is 18.2 Å². The third-order valence-electron chi connectivity index (χ3n) is 3.47. The van der Waals surface area contributed by atoms with E-state index >= 15 is 0 Å². The molecule has 1 aromatic heterocycles. The summed E-state index contributed by atoms with van der Waals surface area (Å²) in [6.07, 6.45) is 3.24. The van der Waals surface area contributed by atoms with E-state index in [1.165, 1.54) is 11.8 Å². The molecule has 7 nitrogen and oxygen atoms in total. The van der Waals surface area contributed by atoms with Gasteiger partial charge < -0.3 is 19.2 Å². The second-order valence-electron chi connectivity index (χ2n) is 5.29. The van der Waals surface area contributed by atoms with Gasteiger partial charge >= 0.3 is 0 Å². The van der Waals surface area contributed by atoms with Crippen LogP contribution in [0.2, 0.25) is 0 Å². The number of hydrogen-bond acceptors (Lipinski definition) is 7. The van der Waals surface area contributed by atoms with Gasteiger partial charge in [0.25, 0.3) is 5.22 Å². The number of thioether (sulfide) groups is 1. The smallest absolute Gasteiger partial charge is 0.277 e. The molecule has 0 saturated heterocycles. The monoisotopic (exact) mass is 365 g/mol. The molecular formula is C17H23N3O4S. The minimum atomic E-state index is -0.0352. The fourth-order valence-electron chi connectivity index (χ4n) is 2.14. The SMILES string of the molecule is CCCCCNC(=O)CSc1nnc(-c2ccc(OC)c(OC)c2)o1. The van der Waals surface area contributed by atoms with Gasteiger partial charge in [0.05, 0.1) is 20.0 Å². The maximum Gasteiger partial charge on any atom is 0.277 e. The predicted octanol–water partition coefficient (Wildman–Crippen LogP) is 3.15. The normalized spacial score (nSPS) is 10.5. The zero-order chi connectivity index (χ0) is 18.1. The summed E-state index contributed by atoms with van der Waals surface area (Å²) in [5.41, 5.74) is 0.723. The number of amides is 1. The lowest BCUT2D eigenvalue weighted by Crippen LogP contribution is -2.26. The molecule has 2 aromatic rings. The quantitative estimate of drug-likeness (QED) is 0.511. The Morgan fingerprint density at radius 3 is 2.72 bits per heavy atom. The van der Waals surface area contributed by atoms with Crippen LogP contribution in [0.4, 0.5) is 0 Å². The molecular weight excluding hydrogens is 342 g/mol. The highest BCUT2D eigenvalue weighted by Crippen LogP contribution is 2.32. The molecule has 0 atom stereocenters. The Bertz CT molecular complexity index is 690. The highest BCUT2D eigenvalue weighted by atomic mass is 32.2. The molecule has 1 heterocycles. The highest BCUT2D eigenvalue weighted by Gasteiger charge is 2.13. The second-order valence-corrected chi connectivity index (χ2v) is 6.22. The maximum atomic E-state index is 11.8. The minimum absolute atomic E-state index is 0.0352. The number of methoxy groups -OCH3 is 2. The van der Waals surface area contributed by atoms with Crippen LogP contribution in [-0.2, 0) is 4.79 Å². The van der Waals surface area contributed by atoms with E-state index < -0.39 is 0 Å². The number of aromatic nitrogens is 2. The third kappa shape index (κ3) is 5.67. The molecule has 0 bridgehead atoms. The van der Waals surface area contributed by atoms with Crippen LogP contribution in [0.5, 0.6) is 11.5 Å². The lowest BCUT2D eigenvalue weighted by molar-refractivity contribution is -0.118. The predicted molar refractivity (Wildman–Crippen MR) is 96.1 cm³/mol. The number of carbonyl (C=O) groups is 1. The number of benzene rings is 1. The number of unbranched alkanes of at least 4 members (excludes halogenated alkanes) is 2. The first-order valence-corrected chi connectivity index (χ1v) is 9.11. The highest BCUT2D eigenvalue weighted by molar-refractivity contribution is 7.99. The Morgan fingerprint density at radius 2 is 2.00 bits per heavy atom. The van der Waals surface area contributed by atoms with E-state index in [0.29, 0.717) is 29.2 Å². The lowest BCUT2D eigenvalue weighted by Gasteiger charge is -2.07. The fourth-order valence-corrected chi connectivity index (χ4v) is 2.73. The van der Waals surface area contributed by atoms with E-state index in [1.807, 2.05) is 6.07 Å². The van der Waals surface area contributed by atoms with Crippen molar-refractivity contribution in [2.75, 3.05) is 26.5 Å². The number of hydrogen-bond donors (Lipinski definition) is 1. The zero-order valence-corrected chi connectivity index (χ0v) is 15.5. The topological polar surface area (TPSA) is 86.5 Å². The molecule has 0 unspecified atom stereocenters. The van der Waals surface area contributed by atoms with Crippen LogP contribution in [0, 0.1) is 0 Å². The Balaban J connectivity index is 1.90. The summed E-state index contributed by atoms with van der Waals surface area (Å²) in [6, 6.07) is 5.35. The van der Waals surface area contributed by atoms with Crippen LogP contribution in [0.1, 0.15) is 26.2 Å². The summed E-state index contributed by atoms with van der Waals surface area (Å²) < 4.78 is 16.1. The largest absolute Gasteiger partial charge is 0.493 e. The van der Waals surface area contributed by atoms with Gasteiger partial charge in [-0.2, -0.15) is 0 Å². The number of nitrogens with zero attached hydrogens (tertiary/aromatic N) is 2. The van der Waals surface area contributed by atoms with Crippen molar-refractivity contribution in [2.45, 2.75) is 31.4 Å². The van der Waals surface area contributed by atoms with Crippen LogP contribution in [0.3, 0.4) is 0 Å². The molecule has 25 heavy (non-hydrogen) atoms. The van der Waals surface area contributed by atoms with Crippen LogP contribution in [0.25, 0.3) is 11.5 Å². The number of carbonyl (C=O) groups excluding carboxylic acids is 1. The van der Waals surface area contributed by atoms with Gasteiger partial charge in [-0.25, -0.2) is 0 Å². The van der Waals surface area contributed by atoms with E-state index in [0.717, 1.165) is 24.8 Å². The van der Waals surface area contributed by atoms with Gasteiger partial charge in [0.1, 0.15) is 0 Å². The Labute approximate surface area is 151 Å². The van der Waals surface area contributed by atoms with Gasteiger partial charge in [-0.15, -0.1) is 10.2 Å². The minimum Gasteiger partial charge on any atom is -0.493 e. The number of nitrogens with one attached hydrogen (secondary N) is 1. The Hall–Kier alpha value is -2.22. The molecule has 8 heteroatoms. The summed E-state index contributed by atoms with van der Waals surface area (Å²) in [5.74, 6) is 1.79. The zero-order valence-electron chi connectivity index (χ0n) is 14.7. The molecule has 0 saturated carbocycles. The van der Waals surface area contributed by atoms with Gasteiger partial charge in [0.15, 0.2) is 11.5 Å². The first-order chi connectivity index (χ1) is 12.2. The summed E-state index contributed by atoms with van der Waals surface area (Å²) in [7, 11) is 3.14. The Kier molecular flexibility index (Phi) is 7.59. The average molecular weight is 365 g/mol. The first kappa shape index (κ1) is 19.1. The third-order valence-corrected chi connectivity index (χ3v) is 4.28. The summed E-state index contributed by atoms with van der Waals surface area (Å²) in [6.45, 7) is 2.83. The maximum absolute atomic E-state index is 11.8. The van der Waals surface area contributed by atoms with E-state index in [9.17, 15) is 4.79 Å². The molecule has 0 aliphatic carbocycles. The lowest BCUT2D eigenvalue weighted by atomic mass is 10.2. The van der Waals surface area contributed by atoms with Crippen LogP contribution in [-0.4, -0.2) is 42.6 Å². The van der Waals surface area contributed by atoms with Crippen molar-refractivity contribution < 1.29 is 18.7 Å². The Morgan fingerprint density at radius 1 is 1.20 bits per heavy atom. The van der Waals surface area contributed by atoms with Crippen molar-refractivity contribution in [1.29, 1.82) is 0 Å². The molecule has 1 N–H and O–H groups in total. The van der Waals surface area contributed by atoms with Gasteiger partial charge in [0.2, 0.25) is 11.8 Å². The standard InChI is InChI=1S/C17H23N3O4S/c1-4-5-6-9-18-15(21)11-25-17-20-19-16(24-17)12-7-8-13(22-2)14(10-12)23-3/h7-8,10H,4-6,9,11H2,1-3H3,(H,18,21). The number of ether oxygens (including phenoxy) is 2. The molecule has 0 aliphatic rings. The summed E-state index contributed by atoms with van der Waals surface area (Å²) in [5, 5.41) is 11.2. The number of rotatable bonds is 10. The molecule has 0 aliphatic heterocycles. The van der Waals surface area contributed by atoms with E-state index in [4.69, 9.17) is 13.9 Å². The van der Waals surface area contributed by atoms with Crippen molar-refractivity contribution in [1.82, 2.24) is 15.5 Å². The van der Waals surface area contributed by atoms with Crippen molar-refractivity contribution in [3.63, 3.8) is 0 Å². The van der Waals surface area contributed by atoms with Crippen molar-refractivity contribution >= 4 is 17.7 Å². The van der Waals surface area contributed by atoms with Crippen LogP contribution < -0.4 is 14.8 Å². The second kappa shape index (κ2) is 9.93. The van der Waals surface area contributed by atoms with Gasteiger partial charge in [-0.1, -0.05) is 31.5 Å². The van der Waals surface area contributed by atoms with E-state index in [-0.39, 0.29) is 11.7 Å². The molecule has 1 aromatic carbocycles. The van der Waals surface area contributed by atoms with Crippen molar-refractivity contribution in [3.8, 4) is 23.0 Å². The average Bonchev–Trinajstić information content (AvgIpc) is 3.12. The molecule has 1 amide bonds. The van der Waals surface area contributed by atoms with E-state index in [1.54, 1.807) is 26.4 Å².